The van der Waals surface area contributed by atoms with Crippen LogP contribution in [0.1, 0.15) is 29.8 Å². The number of likely N-dealkylation sites (N-methyl/N-ethyl adjacent to an activating group) is 1. The Bertz CT molecular complexity index is 773. The molecule has 2 aromatic rings. The fraction of sp³-hybridized carbons (Fsp3) is 0.389. The lowest BCUT2D eigenvalue weighted by Gasteiger charge is -2.27. The second-order valence-corrected chi connectivity index (χ2v) is 5.70. The van der Waals surface area contributed by atoms with Crippen LogP contribution >= 0.6 is 0 Å². The fourth-order valence-corrected chi connectivity index (χ4v) is 2.84. The lowest BCUT2D eigenvalue weighted by atomic mass is 10.1. The number of hydrogen-bond acceptors (Lipinski definition) is 5. The first-order chi connectivity index (χ1) is 12.4. The van der Waals surface area contributed by atoms with Gasteiger partial charge in [0.15, 0.2) is 6.04 Å². The van der Waals surface area contributed by atoms with E-state index >= 15 is 0 Å². The Labute approximate surface area is 151 Å². The molecule has 0 aliphatic rings. The van der Waals surface area contributed by atoms with Gasteiger partial charge < -0.3 is 14.6 Å². The molecule has 1 aromatic heterocycles. The van der Waals surface area contributed by atoms with Gasteiger partial charge in [0.25, 0.3) is 0 Å². The van der Waals surface area contributed by atoms with E-state index in [1.165, 1.54) is 11.8 Å². The molecule has 0 aliphatic heterocycles. The number of hydrogen-bond donors (Lipinski definition) is 1. The van der Waals surface area contributed by atoms with Gasteiger partial charge in [0.2, 0.25) is 5.88 Å². The lowest BCUT2D eigenvalue weighted by Crippen LogP contribution is -2.39. The van der Waals surface area contributed by atoms with Crippen LogP contribution < -0.4 is 4.74 Å². The summed E-state index contributed by atoms with van der Waals surface area (Å²) in [5.41, 5.74) is 1.63. The topological polar surface area (TPSA) is 93.9 Å². The van der Waals surface area contributed by atoms with E-state index in [2.05, 4.69) is 5.10 Å². The van der Waals surface area contributed by atoms with Crippen molar-refractivity contribution in [3.05, 3.63) is 47.2 Å². The molecule has 0 saturated heterocycles. The summed E-state index contributed by atoms with van der Waals surface area (Å²) >= 11 is 0. The number of carboxylic acid groups (broad SMARTS) is 1. The molecule has 0 bridgehead atoms. The number of aromatic nitrogens is 2. The molecule has 2 rings (SSSR count). The maximum absolute atomic E-state index is 12.6. The molecule has 1 unspecified atom stereocenters. The Balaban J connectivity index is 2.29. The van der Waals surface area contributed by atoms with Crippen LogP contribution in [-0.2, 0) is 23.2 Å². The van der Waals surface area contributed by atoms with Gasteiger partial charge in [-0.05, 0) is 19.4 Å². The Morgan fingerprint density at radius 1 is 1.31 bits per heavy atom. The zero-order valence-electron chi connectivity index (χ0n) is 15.3. The summed E-state index contributed by atoms with van der Waals surface area (Å²) in [6.07, 6.45) is -0.714. The molecule has 1 heterocycles. The molecule has 1 amide bonds. The van der Waals surface area contributed by atoms with Gasteiger partial charge in [-0.25, -0.2) is 14.3 Å². The molecule has 0 spiro atoms. The van der Waals surface area contributed by atoms with Gasteiger partial charge in [0, 0.05) is 13.6 Å². The lowest BCUT2D eigenvalue weighted by molar-refractivity contribution is -0.143. The zero-order chi connectivity index (χ0) is 19.3. The number of amides is 1. The van der Waals surface area contributed by atoms with Crippen molar-refractivity contribution < 1.29 is 24.2 Å². The molecule has 8 nitrogen and oxygen atoms in total. The highest BCUT2D eigenvalue weighted by Gasteiger charge is 2.37. The van der Waals surface area contributed by atoms with Gasteiger partial charge in [-0.3, -0.25) is 4.90 Å². The first kappa shape index (κ1) is 19.3. The van der Waals surface area contributed by atoms with E-state index in [-0.39, 0.29) is 13.2 Å². The molecule has 0 aliphatic carbocycles. The second-order valence-electron chi connectivity index (χ2n) is 5.70. The average molecular weight is 361 g/mol. The van der Waals surface area contributed by atoms with Crippen molar-refractivity contribution in [1.82, 2.24) is 14.7 Å². The highest BCUT2D eigenvalue weighted by molar-refractivity contribution is 5.82. The molecule has 1 aromatic carbocycles. The van der Waals surface area contributed by atoms with Gasteiger partial charge in [-0.2, -0.15) is 5.10 Å². The van der Waals surface area contributed by atoms with Crippen LogP contribution in [0.15, 0.2) is 30.3 Å². The molecule has 1 N–H and O–H groups in total. The zero-order valence-corrected chi connectivity index (χ0v) is 15.3. The first-order valence-corrected chi connectivity index (χ1v) is 8.18. The number of aliphatic carboxylic acids is 1. The van der Waals surface area contributed by atoms with E-state index < -0.39 is 18.1 Å². The van der Waals surface area contributed by atoms with Gasteiger partial charge in [0.05, 0.1) is 18.4 Å². The Kier molecular flexibility index (Phi) is 6.21. The molecule has 0 radical (unpaired) electrons. The third-order valence-electron chi connectivity index (χ3n) is 4.01. The van der Waals surface area contributed by atoms with E-state index in [4.69, 9.17) is 9.47 Å². The molecular weight excluding hydrogens is 338 g/mol. The Hall–Kier alpha value is -3.03. The smallest absolute Gasteiger partial charge is 0.411 e. The highest BCUT2D eigenvalue weighted by Crippen LogP contribution is 2.32. The van der Waals surface area contributed by atoms with Crippen molar-refractivity contribution >= 4 is 12.1 Å². The molecule has 0 saturated carbocycles. The Morgan fingerprint density at radius 3 is 2.50 bits per heavy atom. The third kappa shape index (κ3) is 3.96. The fourth-order valence-electron chi connectivity index (χ4n) is 2.84. The number of methoxy groups -OCH3 is 1. The van der Waals surface area contributed by atoms with Crippen molar-refractivity contribution in [2.45, 2.75) is 26.5 Å². The monoisotopic (exact) mass is 361 g/mol. The summed E-state index contributed by atoms with van der Waals surface area (Å²) in [6, 6.07) is 7.93. The van der Waals surface area contributed by atoms with Crippen molar-refractivity contribution in [3.8, 4) is 5.88 Å². The predicted molar refractivity (Wildman–Crippen MR) is 93.9 cm³/mol. The van der Waals surface area contributed by atoms with Crippen LogP contribution in [0.3, 0.4) is 0 Å². The van der Waals surface area contributed by atoms with E-state index in [0.29, 0.717) is 17.1 Å². The van der Waals surface area contributed by atoms with Crippen LogP contribution in [0.5, 0.6) is 5.88 Å². The van der Waals surface area contributed by atoms with E-state index in [0.717, 1.165) is 10.5 Å². The number of aryl methyl sites for hydroxylation is 2. The summed E-state index contributed by atoms with van der Waals surface area (Å²) < 4.78 is 12.0. The standard InChI is InChI=1S/C18H23N3O5/c1-5-21(18(24)26-11-13-9-7-6-8-10-13)15(17(22)23)14-12(2)19-20(3)16(14)25-4/h6-10,15H,5,11H2,1-4H3,(H,22,23). The van der Waals surface area contributed by atoms with E-state index in [1.807, 2.05) is 30.3 Å². The summed E-state index contributed by atoms with van der Waals surface area (Å²) in [5.74, 6) is -0.887. The second kappa shape index (κ2) is 8.37. The van der Waals surface area contributed by atoms with Crippen molar-refractivity contribution in [2.75, 3.05) is 13.7 Å². The number of nitrogens with zero attached hydrogens (tertiary/aromatic N) is 3. The normalized spacial score (nSPS) is 11.7. The molecule has 140 valence electrons. The van der Waals surface area contributed by atoms with Crippen LogP contribution in [-0.4, -0.2) is 45.5 Å². The van der Waals surface area contributed by atoms with Gasteiger partial charge in [-0.15, -0.1) is 0 Å². The van der Waals surface area contributed by atoms with Crippen LogP contribution in [0.4, 0.5) is 4.79 Å². The van der Waals surface area contributed by atoms with Gasteiger partial charge in [0.1, 0.15) is 6.61 Å². The molecule has 8 heteroatoms. The quantitative estimate of drug-likeness (QED) is 0.814. The molecular formula is C18H23N3O5. The average Bonchev–Trinajstić information content (AvgIpc) is 2.90. The summed E-state index contributed by atoms with van der Waals surface area (Å²) in [4.78, 5) is 25.7. The van der Waals surface area contributed by atoms with Crippen molar-refractivity contribution in [1.29, 1.82) is 0 Å². The third-order valence-corrected chi connectivity index (χ3v) is 4.01. The number of carbonyl (C=O) groups excluding carboxylic acids is 1. The number of benzene rings is 1. The van der Waals surface area contributed by atoms with Crippen LogP contribution in [0.25, 0.3) is 0 Å². The SMILES string of the molecule is CCN(C(=O)OCc1ccccc1)C(C(=O)O)c1c(C)nn(C)c1OC. The highest BCUT2D eigenvalue weighted by atomic mass is 16.6. The van der Waals surface area contributed by atoms with E-state index in [9.17, 15) is 14.7 Å². The van der Waals surface area contributed by atoms with Gasteiger partial charge >= 0.3 is 12.1 Å². The summed E-state index contributed by atoms with van der Waals surface area (Å²) in [5, 5.41) is 14.0. The minimum atomic E-state index is -1.26. The number of carbonyl (C=O) groups is 2. The van der Waals surface area contributed by atoms with Crippen molar-refractivity contribution in [2.24, 2.45) is 7.05 Å². The number of ether oxygens (including phenoxy) is 2. The maximum Gasteiger partial charge on any atom is 0.411 e. The predicted octanol–water partition coefficient (Wildman–Crippen LogP) is 2.52. The first-order valence-electron chi connectivity index (χ1n) is 8.18. The molecule has 0 fully saturated rings. The van der Waals surface area contributed by atoms with Crippen LogP contribution in [0, 0.1) is 6.92 Å². The molecule has 1 atom stereocenters. The minimum Gasteiger partial charge on any atom is -0.481 e. The van der Waals surface area contributed by atoms with Crippen LogP contribution in [0.2, 0.25) is 0 Å². The molecule has 26 heavy (non-hydrogen) atoms. The minimum absolute atomic E-state index is 0.0612. The largest absolute Gasteiger partial charge is 0.481 e. The summed E-state index contributed by atoms with van der Waals surface area (Å²) in [6.45, 7) is 3.59. The maximum atomic E-state index is 12.6. The Morgan fingerprint density at radius 2 is 1.96 bits per heavy atom. The summed E-state index contributed by atoms with van der Waals surface area (Å²) in [7, 11) is 3.08. The van der Waals surface area contributed by atoms with Crippen molar-refractivity contribution in [3.63, 3.8) is 0 Å². The number of rotatable bonds is 7. The number of carboxylic acids is 1. The van der Waals surface area contributed by atoms with Gasteiger partial charge in [-0.1, -0.05) is 30.3 Å². The van der Waals surface area contributed by atoms with E-state index in [1.54, 1.807) is 20.9 Å².